The van der Waals surface area contributed by atoms with Gasteiger partial charge in [0.25, 0.3) is 0 Å². The molecule has 22 heavy (non-hydrogen) atoms. The van der Waals surface area contributed by atoms with E-state index in [4.69, 9.17) is 9.47 Å². The van der Waals surface area contributed by atoms with Crippen molar-refractivity contribution in [3.63, 3.8) is 0 Å². The van der Waals surface area contributed by atoms with Gasteiger partial charge in [-0.25, -0.2) is 0 Å². The maximum atomic E-state index is 11.2. The van der Waals surface area contributed by atoms with Crippen LogP contribution in [0.5, 0.6) is 11.5 Å². The number of carboxylic acids is 1. The zero-order valence-electron chi connectivity index (χ0n) is 13.1. The molecule has 1 aromatic rings. The van der Waals surface area contributed by atoms with E-state index in [9.17, 15) is 9.90 Å². The van der Waals surface area contributed by atoms with E-state index in [1.54, 1.807) is 0 Å². The Morgan fingerprint density at radius 3 is 2.77 bits per heavy atom. The fourth-order valence-corrected chi connectivity index (χ4v) is 3.33. The number of hydrogen-bond acceptors (Lipinski definition) is 4. The predicted molar refractivity (Wildman–Crippen MR) is 82.6 cm³/mol. The Balaban J connectivity index is 1.98. The lowest BCUT2D eigenvalue weighted by Crippen LogP contribution is -2.18. The molecular formula is C17H23NO4. The predicted octanol–water partition coefficient (Wildman–Crippen LogP) is 2.71. The van der Waals surface area contributed by atoms with Crippen molar-refractivity contribution >= 4 is 5.97 Å². The average Bonchev–Trinajstić information content (AvgIpc) is 2.85. The van der Waals surface area contributed by atoms with Gasteiger partial charge in [-0.1, -0.05) is 19.9 Å². The zero-order chi connectivity index (χ0) is 15.7. The van der Waals surface area contributed by atoms with Crippen molar-refractivity contribution < 1.29 is 19.4 Å². The van der Waals surface area contributed by atoms with Crippen LogP contribution in [-0.2, 0) is 4.79 Å². The molecule has 0 aliphatic carbocycles. The zero-order valence-corrected chi connectivity index (χ0v) is 13.1. The van der Waals surface area contributed by atoms with E-state index < -0.39 is 5.97 Å². The SMILES string of the molecule is CC(C)c1c(C2CC(C(=O)O)CN2)ccc2c1OCCCO2. The number of benzene rings is 1. The number of rotatable bonds is 3. The highest BCUT2D eigenvalue weighted by molar-refractivity contribution is 5.71. The summed E-state index contributed by atoms with van der Waals surface area (Å²) < 4.78 is 11.7. The molecule has 5 nitrogen and oxygen atoms in total. The summed E-state index contributed by atoms with van der Waals surface area (Å²) >= 11 is 0. The number of fused-ring (bicyclic) bond motifs is 1. The molecule has 1 fully saturated rings. The molecule has 120 valence electrons. The Kier molecular flexibility index (Phi) is 4.25. The summed E-state index contributed by atoms with van der Waals surface area (Å²) in [6.07, 6.45) is 1.50. The molecule has 1 aromatic carbocycles. The molecule has 2 atom stereocenters. The minimum Gasteiger partial charge on any atom is -0.490 e. The van der Waals surface area contributed by atoms with Crippen LogP contribution < -0.4 is 14.8 Å². The second-order valence-electron chi connectivity index (χ2n) is 6.33. The lowest BCUT2D eigenvalue weighted by molar-refractivity contribution is -0.141. The third-order valence-corrected chi connectivity index (χ3v) is 4.42. The second kappa shape index (κ2) is 6.16. The first-order valence-electron chi connectivity index (χ1n) is 7.96. The van der Waals surface area contributed by atoms with Gasteiger partial charge in [0, 0.05) is 24.6 Å². The standard InChI is InChI=1S/C17H23NO4/c1-10(2)15-12(13-8-11(9-18-13)17(19)20)4-5-14-16(15)22-7-3-6-21-14/h4-5,10-11,13,18H,3,6-9H2,1-2H3,(H,19,20). The van der Waals surface area contributed by atoms with Crippen molar-refractivity contribution in [2.24, 2.45) is 5.92 Å². The van der Waals surface area contributed by atoms with Crippen LogP contribution in [0.25, 0.3) is 0 Å². The van der Waals surface area contributed by atoms with Gasteiger partial charge >= 0.3 is 5.97 Å². The van der Waals surface area contributed by atoms with Crippen LogP contribution in [0.1, 0.15) is 49.8 Å². The Morgan fingerprint density at radius 1 is 1.32 bits per heavy atom. The molecule has 2 N–H and O–H groups in total. The van der Waals surface area contributed by atoms with E-state index >= 15 is 0 Å². The summed E-state index contributed by atoms with van der Waals surface area (Å²) in [4.78, 5) is 11.2. The van der Waals surface area contributed by atoms with Gasteiger partial charge in [-0.05, 0) is 24.0 Å². The lowest BCUT2D eigenvalue weighted by Gasteiger charge is -2.23. The first-order chi connectivity index (χ1) is 10.6. The number of carboxylic acid groups (broad SMARTS) is 1. The monoisotopic (exact) mass is 305 g/mol. The summed E-state index contributed by atoms with van der Waals surface area (Å²) in [5.41, 5.74) is 2.28. The van der Waals surface area contributed by atoms with E-state index in [0.29, 0.717) is 26.2 Å². The van der Waals surface area contributed by atoms with Crippen molar-refractivity contribution in [1.29, 1.82) is 0 Å². The Labute approximate surface area is 130 Å². The van der Waals surface area contributed by atoms with Crippen LogP contribution in [0.2, 0.25) is 0 Å². The topological polar surface area (TPSA) is 67.8 Å². The summed E-state index contributed by atoms with van der Waals surface area (Å²) in [5.74, 6) is 0.886. The number of hydrogen-bond donors (Lipinski definition) is 2. The molecule has 0 amide bonds. The van der Waals surface area contributed by atoms with Gasteiger partial charge in [-0.3, -0.25) is 4.79 Å². The maximum absolute atomic E-state index is 11.2. The molecule has 0 radical (unpaired) electrons. The van der Waals surface area contributed by atoms with Crippen LogP contribution >= 0.6 is 0 Å². The molecule has 2 aliphatic rings. The third kappa shape index (κ3) is 2.77. The molecule has 2 heterocycles. The van der Waals surface area contributed by atoms with Gasteiger partial charge in [-0.2, -0.15) is 0 Å². The van der Waals surface area contributed by atoms with Crippen LogP contribution in [0, 0.1) is 5.92 Å². The number of carbonyl (C=O) groups is 1. The quantitative estimate of drug-likeness (QED) is 0.898. The smallest absolute Gasteiger partial charge is 0.307 e. The molecular weight excluding hydrogens is 282 g/mol. The Morgan fingerprint density at radius 2 is 2.09 bits per heavy atom. The molecule has 0 spiro atoms. The fourth-order valence-electron chi connectivity index (χ4n) is 3.33. The third-order valence-electron chi connectivity index (χ3n) is 4.42. The van der Waals surface area contributed by atoms with Gasteiger partial charge in [0.2, 0.25) is 0 Å². The van der Waals surface area contributed by atoms with Crippen LogP contribution in [0.15, 0.2) is 12.1 Å². The molecule has 0 bridgehead atoms. The number of nitrogens with one attached hydrogen (secondary N) is 1. The lowest BCUT2D eigenvalue weighted by atomic mass is 9.89. The molecule has 5 heteroatoms. The summed E-state index contributed by atoms with van der Waals surface area (Å²) in [6.45, 7) is 6.12. The Hall–Kier alpha value is -1.75. The van der Waals surface area contributed by atoms with Gasteiger partial charge in [0.05, 0.1) is 19.1 Å². The van der Waals surface area contributed by atoms with E-state index in [-0.39, 0.29) is 17.9 Å². The number of ether oxygens (including phenoxy) is 2. The second-order valence-corrected chi connectivity index (χ2v) is 6.33. The van der Waals surface area contributed by atoms with Crippen LogP contribution in [0.4, 0.5) is 0 Å². The number of aliphatic carboxylic acids is 1. The van der Waals surface area contributed by atoms with Crippen molar-refractivity contribution in [2.45, 2.75) is 38.6 Å². The summed E-state index contributed by atoms with van der Waals surface area (Å²) in [6, 6.07) is 4.08. The highest BCUT2D eigenvalue weighted by Gasteiger charge is 2.33. The normalized spacial score (nSPS) is 24.3. The highest BCUT2D eigenvalue weighted by atomic mass is 16.5. The van der Waals surface area contributed by atoms with Gasteiger partial charge in [0.1, 0.15) is 0 Å². The molecule has 0 aromatic heterocycles. The van der Waals surface area contributed by atoms with Crippen molar-refractivity contribution in [3.05, 3.63) is 23.3 Å². The first kappa shape index (κ1) is 15.2. The summed E-state index contributed by atoms with van der Waals surface area (Å²) in [5, 5.41) is 12.5. The van der Waals surface area contributed by atoms with E-state index in [1.807, 2.05) is 6.07 Å². The van der Waals surface area contributed by atoms with Crippen LogP contribution in [-0.4, -0.2) is 30.8 Å². The highest BCUT2D eigenvalue weighted by Crippen LogP contribution is 2.43. The maximum Gasteiger partial charge on any atom is 0.307 e. The molecule has 2 unspecified atom stereocenters. The molecule has 2 aliphatic heterocycles. The van der Waals surface area contributed by atoms with E-state index in [1.165, 1.54) is 0 Å². The Bertz CT molecular complexity index is 570. The van der Waals surface area contributed by atoms with Gasteiger partial charge in [0.15, 0.2) is 11.5 Å². The van der Waals surface area contributed by atoms with Crippen molar-refractivity contribution in [3.8, 4) is 11.5 Å². The molecule has 0 saturated carbocycles. The largest absolute Gasteiger partial charge is 0.490 e. The minimum atomic E-state index is -0.726. The summed E-state index contributed by atoms with van der Waals surface area (Å²) in [7, 11) is 0. The average molecular weight is 305 g/mol. The van der Waals surface area contributed by atoms with E-state index in [2.05, 4.69) is 25.2 Å². The molecule has 1 saturated heterocycles. The van der Waals surface area contributed by atoms with E-state index in [0.717, 1.165) is 29.0 Å². The first-order valence-corrected chi connectivity index (χ1v) is 7.96. The van der Waals surface area contributed by atoms with Crippen LogP contribution in [0.3, 0.4) is 0 Å². The van der Waals surface area contributed by atoms with Crippen molar-refractivity contribution in [1.82, 2.24) is 5.32 Å². The fraction of sp³-hybridized carbons (Fsp3) is 0.588. The van der Waals surface area contributed by atoms with Gasteiger partial charge in [-0.15, -0.1) is 0 Å². The molecule has 3 rings (SSSR count). The minimum absolute atomic E-state index is 0.0654. The van der Waals surface area contributed by atoms with Gasteiger partial charge < -0.3 is 19.9 Å². The van der Waals surface area contributed by atoms with Crippen molar-refractivity contribution in [2.75, 3.05) is 19.8 Å².